The van der Waals surface area contributed by atoms with Gasteiger partial charge in [0.15, 0.2) is 0 Å². The minimum Gasteiger partial charge on any atom is -0.493 e. The Bertz CT molecular complexity index is 839. The van der Waals surface area contributed by atoms with E-state index >= 15 is 0 Å². The van der Waals surface area contributed by atoms with E-state index < -0.39 is 5.97 Å². The lowest BCUT2D eigenvalue weighted by atomic mass is 9.90. The summed E-state index contributed by atoms with van der Waals surface area (Å²) in [5.41, 5.74) is 4.42. The SMILES string of the molecule is C=N/C=C\C(C(=O)O)=C(/C)NC[C@H]1CCOc2cc(C3=CCOCC3)ccc21. The molecule has 0 fully saturated rings. The Balaban J connectivity index is 1.75. The van der Waals surface area contributed by atoms with Crippen molar-refractivity contribution in [2.75, 3.05) is 26.4 Å². The van der Waals surface area contributed by atoms with Crippen LogP contribution in [0, 0.1) is 0 Å². The van der Waals surface area contributed by atoms with Gasteiger partial charge in [0.05, 0.1) is 25.4 Å². The van der Waals surface area contributed by atoms with E-state index in [1.54, 1.807) is 6.92 Å². The standard InChI is InChI=1S/C22H26N2O4/c1-15(19(22(25)26)5-9-23-2)24-14-18-8-12-28-21-13-17(3-4-20(18)21)16-6-10-27-11-7-16/h3-6,9,13,18,24H,2,7-8,10-12,14H2,1H3,(H,25,26)/b9-5-,19-15-/t18-/m1/s1. The molecular formula is C22H26N2O4. The number of ether oxygens (including phenoxy) is 2. The van der Waals surface area contributed by atoms with Crippen LogP contribution in [0.1, 0.15) is 36.8 Å². The van der Waals surface area contributed by atoms with Crippen molar-refractivity contribution in [3.8, 4) is 5.75 Å². The number of hydrogen-bond donors (Lipinski definition) is 2. The number of aliphatic carboxylic acids is 1. The molecule has 0 aromatic heterocycles. The number of carboxylic acids is 1. The molecule has 3 rings (SSSR count). The number of aliphatic imine (C=N–C) groups is 1. The van der Waals surface area contributed by atoms with Gasteiger partial charge in [0.25, 0.3) is 0 Å². The lowest BCUT2D eigenvalue weighted by Crippen LogP contribution is -2.26. The second-order valence-corrected chi connectivity index (χ2v) is 6.86. The summed E-state index contributed by atoms with van der Waals surface area (Å²) in [5.74, 6) is 0.179. The Morgan fingerprint density at radius 2 is 2.29 bits per heavy atom. The number of hydrogen-bond acceptors (Lipinski definition) is 5. The summed E-state index contributed by atoms with van der Waals surface area (Å²) >= 11 is 0. The lowest BCUT2D eigenvalue weighted by molar-refractivity contribution is -0.132. The Kier molecular flexibility index (Phi) is 6.66. The topological polar surface area (TPSA) is 80.2 Å². The average molecular weight is 382 g/mol. The van der Waals surface area contributed by atoms with Gasteiger partial charge in [-0.3, -0.25) is 4.99 Å². The molecule has 2 aliphatic heterocycles. The molecule has 0 unspecified atom stereocenters. The number of allylic oxidation sites excluding steroid dienone is 1. The minimum atomic E-state index is -0.994. The highest BCUT2D eigenvalue weighted by Crippen LogP contribution is 2.36. The van der Waals surface area contributed by atoms with E-state index in [-0.39, 0.29) is 11.5 Å². The van der Waals surface area contributed by atoms with Crippen LogP contribution in [0.2, 0.25) is 0 Å². The van der Waals surface area contributed by atoms with Crippen molar-refractivity contribution in [1.82, 2.24) is 5.32 Å². The molecule has 28 heavy (non-hydrogen) atoms. The van der Waals surface area contributed by atoms with Gasteiger partial charge in [0, 0.05) is 24.4 Å². The van der Waals surface area contributed by atoms with Crippen LogP contribution in [0.15, 0.2) is 52.8 Å². The fraction of sp³-hybridized carbons (Fsp3) is 0.364. The molecule has 0 spiro atoms. The summed E-state index contributed by atoms with van der Waals surface area (Å²) in [6.45, 7) is 7.81. The van der Waals surface area contributed by atoms with Gasteiger partial charge in [-0.05, 0) is 55.3 Å². The van der Waals surface area contributed by atoms with E-state index in [2.05, 4.69) is 41.3 Å². The normalized spacial score (nSPS) is 19.9. The quantitative estimate of drug-likeness (QED) is 0.428. The number of rotatable bonds is 7. The third kappa shape index (κ3) is 4.70. The van der Waals surface area contributed by atoms with Crippen LogP contribution >= 0.6 is 0 Å². The van der Waals surface area contributed by atoms with Crippen molar-refractivity contribution in [2.45, 2.75) is 25.7 Å². The van der Waals surface area contributed by atoms with Gasteiger partial charge in [-0.25, -0.2) is 4.79 Å². The van der Waals surface area contributed by atoms with E-state index in [4.69, 9.17) is 9.47 Å². The van der Waals surface area contributed by atoms with Crippen molar-refractivity contribution in [3.63, 3.8) is 0 Å². The van der Waals surface area contributed by atoms with E-state index in [0.29, 0.717) is 25.5 Å². The van der Waals surface area contributed by atoms with E-state index in [1.165, 1.54) is 23.4 Å². The van der Waals surface area contributed by atoms with E-state index in [9.17, 15) is 9.90 Å². The highest BCUT2D eigenvalue weighted by molar-refractivity contribution is 5.90. The predicted octanol–water partition coefficient (Wildman–Crippen LogP) is 3.52. The highest BCUT2D eigenvalue weighted by Gasteiger charge is 2.23. The van der Waals surface area contributed by atoms with E-state index in [0.717, 1.165) is 30.8 Å². The molecule has 1 aromatic carbocycles. The first-order valence-corrected chi connectivity index (χ1v) is 9.44. The van der Waals surface area contributed by atoms with Gasteiger partial charge in [0.2, 0.25) is 0 Å². The lowest BCUT2D eigenvalue weighted by Gasteiger charge is -2.27. The van der Waals surface area contributed by atoms with Crippen LogP contribution in [-0.4, -0.2) is 44.2 Å². The summed E-state index contributed by atoms with van der Waals surface area (Å²) in [7, 11) is 0. The monoisotopic (exact) mass is 382 g/mol. The van der Waals surface area contributed by atoms with Crippen LogP contribution in [0.25, 0.3) is 5.57 Å². The molecule has 2 N–H and O–H groups in total. The molecule has 2 aliphatic rings. The number of nitrogens with zero attached hydrogens (tertiary/aromatic N) is 1. The minimum absolute atomic E-state index is 0.182. The molecule has 0 radical (unpaired) electrons. The predicted molar refractivity (Wildman–Crippen MR) is 110 cm³/mol. The van der Waals surface area contributed by atoms with Crippen molar-refractivity contribution < 1.29 is 19.4 Å². The van der Waals surface area contributed by atoms with Crippen LogP contribution in [0.3, 0.4) is 0 Å². The maximum Gasteiger partial charge on any atom is 0.337 e. The van der Waals surface area contributed by atoms with Crippen molar-refractivity contribution in [2.24, 2.45) is 4.99 Å². The maximum atomic E-state index is 11.4. The average Bonchev–Trinajstić information content (AvgIpc) is 2.72. The third-order valence-electron chi connectivity index (χ3n) is 5.11. The van der Waals surface area contributed by atoms with Crippen LogP contribution < -0.4 is 10.1 Å². The summed E-state index contributed by atoms with van der Waals surface area (Å²) in [4.78, 5) is 15.0. The first-order chi connectivity index (χ1) is 13.6. The molecule has 2 heterocycles. The zero-order valence-electron chi connectivity index (χ0n) is 16.1. The summed E-state index contributed by atoms with van der Waals surface area (Å²) in [6, 6.07) is 6.38. The van der Waals surface area contributed by atoms with Crippen molar-refractivity contribution in [3.05, 3.63) is 58.9 Å². The van der Waals surface area contributed by atoms with Crippen LogP contribution in [-0.2, 0) is 9.53 Å². The van der Waals surface area contributed by atoms with Crippen LogP contribution in [0.5, 0.6) is 5.75 Å². The van der Waals surface area contributed by atoms with Gasteiger partial charge in [-0.15, -0.1) is 0 Å². The van der Waals surface area contributed by atoms with Gasteiger partial charge in [-0.2, -0.15) is 0 Å². The molecule has 6 nitrogen and oxygen atoms in total. The molecule has 0 saturated heterocycles. The first kappa shape index (κ1) is 19.9. The van der Waals surface area contributed by atoms with Crippen molar-refractivity contribution in [1.29, 1.82) is 0 Å². The Hall–Kier alpha value is -2.86. The molecule has 0 amide bonds. The second kappa shape index (κ2) is 9.37. The molecule has 1 atom stereocenters. The van der Waals surface area contributed by atoms with Crippen molar-refractivity contribution >= 4 is 18.3 Å². The molecule has 0 saturated carbocycles. The molecule has 0 bridgehead atoms. The van der Waals surface area contributed by atoms with Gasteiger partial charge in [0.1, 0.15) is 5.75 Å². The Morgan fingerprint density at radius 1 is 1.43 bits per heavy atom. The first-order valence-electron chi connectivity index (χ1n) is 9.44. The van der Waals surface area contributed by atoms with Gasteiger partial charge >= 0.3 is 5.97 Å². The molecule has 0 aliphatic carbocycles. The Morgan fingerprint density at radius 3 is 3.00 bits per heavy atom. The largest absolute Gasteiger partial charge is 0.493 e. The summed E-state index contributed by atoms with van der Waals surface area (Å²) in [5, 5.41) is 12.6. The summed E-state index contributed by atoms with van der Waals surface area (Å²) in [6.07, 6.45) is 6.75. The number of carboxylic acid groups (broad SMARTS) is 1. The highest BCUT2D eigenvalue weighted by atomic mass is 16.5. The molecular weight excluding hydrogens is 356 g/mol. The smallest absolute Gasteiger partial charge is 0.337 e. The number of carbonyl (C=O) groups is 1. The van der Waals surface area contributed by atoms with Crippen LogP contribution in [0.4, 0.5) is 0 Å². The maximum absolute atomic E-state index is 11.4. The molecule has 148 valence electrons. The summed E-state index contributed by atoms with van der Waals surface area (Å²) < 4.78 is 11.3. The fourth-order valence-corrected chi connectivity index (χ4v) is 3.52. The third-order valence-corrected chi connectivity index (χ3v) is 5.11. The zero-order chi connectivity index (χ0) is 19.9. The second-order valence-electron chi connectivity index (χ2n) is 6.86. The zero-order valence-corrected chi connectivity index (χ0v) is 16.1. The number of benzene rings is 1. The molecule has 1 aromatic rings. The van der Waals surface area contributed by atoms with Gasteiger partial charge in [-0.1, -0.05) is 18.2 Å². The van der Waals surface area contributed by atoms with Gasteiger partial charge < -0.3 is 19.9 Å². The molecule has 6 heteroatoms. The fourth-order valence-electron chi connectivity index (χ4n) is 3.52. The number of fused-ring (bicyclic) bond motifs is 1. The van der Waals surface area contributed by atoms with E-state index in [1.807, 2.05) is 0 Å². The Labute approximate surface area is 165 Å². The number of nitrogens with one attached hydrogen (secondary N) is 1.